The number of nitrogens with one attached hydrogen (secondary N) is 1. The van der Waals surface area contributed by atoms with E-state index in [1.165, 1.54) is 25.9 Å². The number of hydrogen-bond donors (Lipinski definition) is 1. The van der Waals surface area contributed by atoms with Crippen LogP contribution >= 0.6 is 0 Å². The van der Waals surface area contributed by atoms with Crippen LogP contribution in [0.5, 0.6) is 5.75 Å². The van der Waals surface area contributed by atoms with Crippen molar-refractivity contribution >= 4 is 11.4 Å². The molecule has 22 heavy (non-hydrogen) atoms. The molecule has 1 N–H and O–H groups in total. The molecule has 2 aromatic carbocycles. The number of benzene rings is 2. The van der Waals surface area contributed by atoms with Gasteiger partial charge in [-0.05, 0) is 55.2 Å². The molecule has 1 aliphatic carbocycles. The quantitative estimate of drug-likeness (QED) is 0.784. The molecule has 1 aliphatic heterocycles. The van der Waals surface area contributed by atoms with Crippen LogP contribution in [-0.2, 0) is 0 Å². The third-order valence-corrected chi connectivity index (χ3v) is 4.38. The lowest BCUT2D eigenvalue weighted by molar-refractivity contribution is 0.292. The summed E-state index contributed by atoms with van der Waals surface area (Å²) in [6, 6.07) is 19.1. The van der Waals surface area contributed by atoms with Crippen LogP contribution in [0.3, 0.4) is 0 Å². The van der Waals surface area contributed by atoms with Crippen LogP contribution in [0.25, 0.3) is 0 Å². The largest absolute Gasteiger partial charge is 0.492 e. The summed E-state index contributed by atoms with van der Waals surface area (Å²) in [6.45, 7) is 3.32. The van der Waals surface area contributed by atoms with E-state index < -0.39 is 0 Å². The Balaban J connectivity index is 1.25. The van der Waals surface area contributed by atoms with Crippen molar-refractivity contribution in [2.75, 3.05) is 25.0 Å². The average molecular weight is 294 g/mol. The van der Waals surface area contributed by atoms with Gasteiger partial charge in [0.25, 0.3) is 0 Å². The lowest BCUT2D eigenvalue weighted by Crippen LogP contribution is -2.12. The second-order valence-corrected chi connectivity index (χ2v) is 6.38. The van der Waals surface area contributed by atoms with Gasteiger partial charge in [-0.1, -0.05) is 18.2 Å². The Morgan fingerprint density at radius 3 is 2.41 bits per heavy atom. The second-order valence-electron chi connectivity index (χ2n) is 6.38. The van der Waals surface area contributed by atoms with Crippen molar-refractivity contribution < 1.29 is 4.74 Å². The fourth-order valence-electron chi connectivity index (χ4n) is 2.75. The molecule has 2 atom stereocenters. The SMILES string of the molecule is c1ccc(Nc2ccc(OCC3CN3CC3CC3)cc2)cc1. The molecule has 2 aliphatic rings. The van der Waals surface area contributed by atoms with Gasteiger partial charge < -0.3 is 10.1 Å². The topological polar surface area (TPSA) is 24.3 Å². The number of rotatable bonds is 7. The number of hydrogen-bond acceptors (Lipinski definition) is 3. The molecule has 1 saturated heterocycles. The van der Waals surface area contributed by atoms with Gasteiger partial charge in [0.15, 0.2) is 0 Å². The van der Waals surface area contributed by atoms with Crippen LogP contribution in [0.4, 0.5) is 11.4 Å². The van der Waals surface area contributed by atoms with E-state index in [0.717, 1.165) is 29.6 Å². The normalized spacial score (nSPS) is 23.1. The summed E-state index contributed by atoms with van der Waals surface area (Å²) in [7, 11) is 0. The van der Waals surface area contributed by atoms with Crippen molar-refractivity contribution in [1.82, 2.24) is 4.90 Å². The summed E-state index contributed by atoms with van der Waals surface area (Å²) in [5.41, 5.74) is 2.19. The number of para-hydroxylation sites is 1. The van der Waals surface area contributed by atoms with E-state index in [1.54, 1.807) is 0 Å². The zero-order valence-electron chi connectivity index (χ0n) is 12.7. The molecular formula is C19H22N2O. The standard InChI is InChI=1S/C19H22N2O/c1-2-4-16(5-3-1)20-17-8-10-19(11-9-17)22-14-18-13-21(18)12-15-6-7-15/h1-5,8-11,15,18,20H,6-7,12-14H2. The molecule has 3 heteroatoms. The molecule has 0 spiro atoms. The molecule has 2 unspecified atom stereocenters. The van der Waals surface area contributed by atoms with Gasteiger partial charge in [0, 0.05) is 24.5 Å². The van der Waals surface area contributed by atoms with Gasteiger partial charge in [-0.25, -0.2) is 0 Å². The summed E-state index contributed by atoms with van der Waals surface area (Å²) in [6.07, 6.45) is 2.86. The lowest BCUT2D eigenvalue weighted by Gasteiger charge is -2.09. The smallest absolute Gasteiger partial charge is 0.119 e. The van der Waals surface area contributed by atoms with Crippen molar-refractivity contribution in [2.45, 2.75) is 18.9 Å². The maximum atomic E-state index is 5.90. The van der Waals surface area contributed by atoms with E-state index in [0.29, 0.717) is 6.04 Å². The van der Waals surface area contributed by atoms with Crippen LogP contribution in [0.1, 0.15) is 12.8 Å². The first-order chi connectivity index (χ1) is 10.9. The summed E-state index contributed by atoms with van der Waals surface area (Å²) < 4.78 is 5.90. The fraction of sp³-hybridized carbons (Fsp3) is 0.368. The van der Waals surface area contributed by atoms with Gasteiger partial charge in [0.2, 0.25) is 0 Å². The molecule has 2 fully saturated rings. The van der Waals surface area contributed by atoms with E-state index >= 15 is 0 Å². The third-order valence-electron chi connectivity index (χ3n) is 4.38. The first-order valence-corrected chi connectivity index (χ1v) is 8.16. The van der Waals surface area contributed by atoms with Crippen molar-refractivity contribution in [3.8, 4) is 5.75 Å². The zero-order chi connectivity index (χ0) is 14.8. The zero-order valence-corrected chi connectivity index (χ0v) is 12.7. The molecule has 1 saturated carbocycles. The van der Waals surface area contributed by atoms with Crippen LogP contribution < -0.4 is 10.1 Å². The highest BCUT2D eigenvalue weighted by Gasteiger charge is 2.38. The molecule has 2 aromatic rings. The minimum absolute atomic E-state index is 0.641. The highest BCUT2D eigenvalue weighted by atomic mass is 16.5. The fourth-order valence-corrected chi connectivity index (χ4v) is 2.75. The molecule has 3 nitrogen and oxygen atoms in total. The minimum atomic E-state index is 0.641. The van der Waals surface area contributed by atoms with E-state index in [-0.39, 0.29) is 0 Å². The summed E-state index contributed by atoms with van der Waals surface area (Å²) in [5.74, 6) is 1.94. The third kappa shape index (κ3) is 3.60. The molecule has 114 valence electrons. The van der Waals surface area contributed by atoms with Crippen molar-refractivity contribution in [1.29, 1.82) is 0 Å². The number of ether oxygens (including phenoxy) is 1. The van der Waals surface area contributed by atoms with Crippen LogP contribution in [-0.4, -0.2) is 30.6 Å². The summed E-state index contributed by atoms with van der Waals surface area (Å²) in [5, 5.41) is 3.38. The van der Waals surface area contributed by atoms with Gasteiger partial charge in [-0.15, -0.1) is 0 Å². The first-order valence-electron chi connectivity index (χ1n) is 8.16. The minimum Gasteiger partial charge on any atom is -0.492 e. The van der Waals surface area contributed by atoms with Crippen molar-refractivity contribution in [3.63, 3.8) is 0 Å². The van der Waals surface area contributed by atoms with E-state index in [2.05, 4.69) is 34.5 Å². The Bertz CT molecular complexity index is 607. The van der Waals surface area contributed by atoms with Crippen molar-refractivity contribution in [3.05, 3.63) is 54.6 Å². The Morgan fingerprint density at radius 1 is 0.955 bits per heavy atom. The maximum Gasteiger partial charge on any atom is 0.119 e. The van der Waals surface area contributed by atoms with Crippen LogP contribution in [0.2, 0.25) is 0 Å². The highest BCUT2D eigenvalue weighted by Crippen LogP contribution is 2.33. The molecule has 1 heterocycles. The van der Waals surface area contributed by atoms with Gasteiger partial charge in [0.05, 0.1) is 6.04 Å². The van der Waals surface area contributed by atoms with Gasteiger partial charge >= 0.3 is 0 Å². The predicted molar refractivity (Wildman–Crippen MR) is 89.7 cm³/mol. The monoisotopic (exact) mass is 294 g/mol. The van der Waals surface area contributed by atoms with Gasteiger partial charge in [0.1, 0.15) is 12.4 Å². The summed E-state index contributed by atoms with van der Waals surface area (Å²) >= 11 is 0. The van der Waals surface area contributed by atoms with E-state index in [4.69, 9.17) is 4.74 Å². The maximum absolute atomic E-state index is 5.90. The van der Waals surface area contributed by atoms with Gasteiger partial charge in [-0.3, -0.25) is 4.90 Å². The molecule has 0 radical (unpaired) electrons. The molecule has 4 rings (SSSR count). The molecule has 0 bridgehead atoms. The highest BCUT2D eigenvalue weighted by molar-refractivity contribution is 5.59. The molecular weight excluding hydrogens is 272 g/mol. The Kier molecular flexibility index (Phi) is 3.73. The number of nitrogens with zero attached hydrogens (tertiary/aromatic N) is 1. The average Bonchev–Trinajstić information content (AvgIpc) is 3.47. The van der Waals surface area contributed by atoms with Crippen LogP contribution in [0.15, 0.2) is 54.6 Å². The van der Waals surface area contributed by atoms with Gasteiger partial charge in [-0.2, -0.15) is 0 Å². The van der Waals surface area contributed by atoms with E-state index in [1.807, 2.05) is 30.3 Å². The number of anilines is 2. The Hall–Kier alpha value is -2.00. The molecule has 0 aromatic heterocycles. The Morgan fingerprint density at radius 2 is 1.68 bits per heavy atom. The second kappa shape index (κ2) is 6.01. The lowest BCUT2D eigenvalue weighted by atomic mass is 10.2. The molecule has 0 amide bonds. The summed E-state index contributed by atoms with van der Waals surface area (Å²) in [4.78, 5) is 2.53. The first kappa shape index (κ1) is 13.6. The van der Waals surface area contributed by atoms with Crippen molar-refractivity contribution in [2.24, 2.45) is 5.92 Å². The van der Waals surface area contributed by atoms with E-state index in [9.17, 15) is 0 Å². The Labute approximate surface area is 131 Å². The van der Waals surface area contributed by atoms with Crippen LogP contribution in [0, 0.1) is 5.92 Å². The predicted octanol–water partition coefficient (Wildman–Crippen LogP) is 3.90.